The molecule has 3 heteroatoms. The first kappa shape index (κ1) is 24.3. The average molecular weight is 565 g/mol. The summed E-state index contributed by atoms with van der Waals surface area (Å²) in [5.41, 5.74) is 17.0. The predicted octanol–water partition coefficient (Wildman–Crippen LogP) is 10.4. The van der Waals surface area contributed by atoms with Gasteiger partial charge in [-0.2, -0.15) is 5.26 Å². The first-order valence-electron chi connectivity index (χ1n) is 14.5. The van der Waals surface area contributed by atoms with Crippen molar-refractivity contribution in [1.29, 1.82) is 5.26 Å². The Balaban J connectivity index is 1.30. The minimum absolute atomic E-state index is 0.278. The smallest absolute Gasteiger partial charge is 0.100 e. The molecule has 0 atom stereocenters. The highest BCUT2D eigenvalue weighted by atomic mass is 32.1. The SMILES string of the molecule is N#Cc1c(-c2cc3c4cc(c5ccccc35)c3sccc3c4c2)ccc(C=C2c3ccccc3-c3ccccc32)c1CN. The lowest BCUT2D eigenvalue weighted by Crippen LogP contribution is -2.04. The van der Waals surface area contributed by atoms with E-state index in [4.69, 9.17) is 5.73 Å². The topological polar surface area (TPSA) is 49.8 Å². The third-order valence-corrected chi connectivity index (χ3v) is 10.1. The maximum Gasteiger partial charge on any atom is 0.100 e. The molecule has 0 saturated carbocycles. The number of nitriles is 1. The Kier molecular flexibility index (Phi) is 5.16. The molecule has 7 aromatic carbocycles. The van der Waals surface area contributed by atoms with Crippen molar-refractivity contribution in [2.24, 2.45) is 5.73 Å². The zero-order chi connectivity index (χ0) is 28.7. The molecule has 0 radical (unpaired) electrons. The van der Waals surface area contributed by atoms with E-state index in [-0.39, 0.29) is 6.54 Å². The van der Waals surface area contributed by atoms with Crippen molar-refractivity contribution >= 4 is 65.4 Å². The van der Waals surface area contributed by atoms with E-state index < -0.39 is 0 Å². The Morgan fingerprint density at radius 3 is 1.88 bits per heavy atom. The molecule has 1 aliphatic rings. The zero-order valence-corrected chi connectivity index (χ0v) is 24.0. The maximum atomic E-state index is 10.6. The van der Waals surface area contributed by atoms with Crippen molar-refractivity contribution in [2.45, 2.75) is 6.54 Å². The van der Waals surface area contributed by atoms with Gasteiger partial charge in [0.1, 0.15) is 6.07 Å². The molecule has 0 amide bonds. The monoisotopic (exact) mass is 564 g/mol. The van der Waals surface area contributed by atoms with Crippen molar-refractivity contribution in [3.63, 3.8) is 0 Å². The Morgan fingerprint density at radius 1 is 0.605 bits per heavy atom. The Morgan fingerprint density at radius 2 is 1.21 bits per heavy atom. The third-order valence-electron chi connectivity index (χ3n) is 9.18. The van der Waals surface area contributed by atoms with Crippen LogP contribution < -0.4 is 5.73 Å². The van der Waals surface area contributed by atoms with Gasteiger partial charge >= 0.3 is 0 Å². The van der Waals surface area contributed by atoms with E-state index in [0.717, 1.165) is 22.3 Å². The summed E-state index contributed by atoms with van der Waals surface area (Å²) >= 11 is 1.79. The van der Waals surface area contributed by atoms with Crippen LogP contribution in [0.4, 0.5) is 0 Å². The number of hydrogen-bond donors (Lipinski definition) is 1. The summed E-state index contributed by atoms with van der Waals surface area (Å²) in [4.78, 5) is 0. The normalized spacial score (nSPS) is 12.3. The summed E-state index contributed by atoms with van der Waals surface area (Å²) in [7, 11) is 0. The van der Waals surface area contributed by atoms with E-state index in [0.29, 0.717) is 5.56 Å². The number of fused-ring (bicyclic) bond motifs is 10. The lowest BCUT2D eigenvalue weighted by Gasteiger charge is -2.17. The van der Waals surface area contributed by atoms with Crippen LogP contribution in [0.5, 0.6) is 0 Å². The maximum absolute atomic E-state index is 10.6. The Hall–Kier alpha value is -5.27. The van der Waals surface area contributed by atoms with Crippen LogP contribution in [0.15, 0.2) is 115 Å². The van der Waals surface area contributed by atoms with Crippen molar-refractivity contribution in [3.8, 4) is 28.3 Å². The molecule has 2 bridgehead atoms. The first-order valence-corrected chi connectivity index (χ1v) is 15.4. The molecular formula is C40H24N2S. The number of thiophene rings is 1. The fourth-order valence-electron chi connectivity index (χ4n) is 7.25. The number of rotatable bonds is 3. The quantitative estimate of drug-likeness (QED) is 0.217. The lowest BCUT2D eigenvalue weighted by atomic mass is 9.87. The van der Waals surface area contributed by atoms with E-state index in [2.05, 4.69) is 127 Å². The van der Waals surface area contributed by atoms with E-state index in [1.807, 2.05) is 0 Å². The van der Waals surface area contributed by atoms with Gasteiger partial charge in [0.05, 0.1) is 5.56 Å². The second kappa shape index (κ2) is 9.11. The molecule has 0 unspecified atom stereocenters. The third kappa shape index (κ3) is 3.37. The van der Waals surface area contributed by atoms with Crippen LogP contribution in [0, 0.1) is 11.3 Å². The molecule has 1 heterocycles. The molecule has 2 nitrogen and oxygen atoms in total. The standard InChI is InChI=1S/C40H24N2S/c41-21-38-23(17-33-28-9-3-1-7-26(28)27-8-2-4-10-29(27)33)13-14-25(39(38)22-42)24-18-34-30-11-5-6-12-31(30)37-20-36(34)35(19-24)32-15-16-43-40(32)37/h1-20H,21,41H2. The minimum Gasteiger partial charge on any atom is -0.326 e. The molecule has 0 aliphatic heterocycles. The molecule has 8 aromatic rings. The van der Waals surface area contributed by atoms with E-state index >= 15 is 0 Å². The number of hydrogen-bond acceptors (Lipinski definition) is 3. The first-order chi connectivity index (χ1) is 21.2. The van der Waals surface area contributed by atoms with E-state index in [9.17, 15) is 5.26 Å². The minimum atomic E-state index is 0.278. The van der Waals surface area contributed by atoms with Gasteiger partial charge in [-0.1, -0.05) is 84.9 Å². The summed E-state index contributed by atoms with van der Waals surface area (Å²) in [5.74, 6) is 0. The van der Waals surface area contributed by atoms with Crippen molar-refractivity contribution in [3.05, 3.63) is 142 Å². The molecule has 1 aromatic heterocycles. The van der Waals surface area contributed by atoms with Gasteiger partial charge in [-0.15, -0.1) is 11.3 Å². The van der Waals surface area contributed by atoms with Crippen LogP contribution in [-0.2, 0) is 6.54 Å². The van der Waals surface area contributed by atoms with Gasteiger partial charge in [0.25, 0.3) is 0 Å². The number of nitrogens with zero attached hydrogens (tertiary/aromatic N) is 1. The van der Waals surface area contributed by atoms with Crippen LogP contribution >= 0.6 is 11.3 Å². The van der Waals surface area contributed by atoms with Gasteiger partial charge in [-0.05, 0) is 113 Å². The fraction of sp³-hybridized carbons (Fsp3) is 0.0250. The van der Waals surface area contributed by atoms with Crippen LogP contribution in [0.1, 0.15) is 27.8 Å². The van der Waals surface area contributed by atoms with E-state index in [1.54, 1.807) is 11.3 Å². The van der Waals surface area contributed by atoms with Gasteiger partial charge < -0.3 is 5.73 Å². The second-order valence-electron chi connectivity index (χ2n) is 11.3. The molecule has 200 valence electrons. The Labute approximate surface area is 252 Å². The van der Waals surface area contributed by atoms with Crippen LogP contribution in [0.25, 0.3) is 76.3 Å². The van der Waals surface area contributed by atoms with Crippen molar-refractivity contribution in [1.82, 2.24) is 0 Å². The summed E-state index contributed by atoms with van der Waals surface area (Å²) in [6.45, 7) is 0.278. The van der Waals surface area contributed by atoms with Gasteiger partial charge in [0, 0.05) is 22.0 Å². The molecule has 0 fully saturated rings. The van der Waals surface area contributed by atoms with Crippen LogP contribution in [0.3, 0.4) is 0 Å². The molecule has 2 N–H and O–H groups in total. The fourth-order valence-corrected chi connectivity index (χ4v) is 8.19. The lowest BCUT2D eigenvalue weighted by molar-refractivity contribution is 1.06. The Bertz CT molecular complexity index is 2460. The molecule has 9 rings (SSSR count). The molecule has 1 aliphatic carbocycles. The second-order valence-corrected chi connectivity index (χ2v) is 12.2. The number of nitrogens with two attached hydrogens (primary N) is 1. The summed E-state index contributed by atoms with van der Waals surface area (Å²) in [5, 5.41) is 21.6. The van der Waals surface area contributed by atoms with Gasteiger partial charge in [-0.3, -0.25) is 0 Å². The molecule has 0 spiro atoms. The highest BCUT2D eigenvalue weighted by molar-refractivity contribution is 7.18. The number of benzene rings is 7. The van der Waals surface area contributed by atoms with Crippen LogP contribution in [-0.4, -0.2) is 0 Å². The van der Waals surface area contributed by atoms with E-state index in [1.165, 1.54) is 70.2 Å². The predicted molar refractivity (Wildman–Crippen MR) is 182 cm³/mol. The summed E-state index contributed by atoms with van der Waals surface area (Å²) in [6, 6.07) is 41.7. The molecule has 43 heavy (non-hydrogen) atoms. The van der Waals surface area contributed by atoms with Crippen molar-refractivity contribution in [2.75, 3.05) is 0 Å². The largest absolute Gasteiger partial charge is 0.326 e. The molecule has 0 saturated heterocycles. The zero-order valence-electron chi connectivity index (χ0n) is 23.2. The summed E-state index contributed by atoms with van der Waals surface area (Å²) in [6.07, 6.45) is 2.22. The van der Waals surface area contributed by atoms with Crippen molar-refractivity contribution < 1.29 is 0 Å². The van der Waals surface area contributed by atoms with Gasteiger partial charge in [0.2, 0.25) is 0 Å². The highest BCUT2D eigenvalue weighted by Crippen LogP contribution is 2.47. The van der Waals surface area contributed by atoms with Gasteiger partial charge in [0.15, 0.2) is 0 Å². The average Bonchev–Trinajstić information content (AvgIpc) is 3.68. The molecular weight excluding hydrogens is 541 g/mol. The summed E-state index contributed by atoms with van der Waals surface area (Å²) < 4.78 is 1.31. The van der Waals surface area contributed by atoms with Crippen LogP contribution in [0.2, 0.25) is 0 Å². The van der Waals surface area contributed by atoms with Gasteiger partial charge in [-0.25, -0.2) is 0 Å². The highest BCUT2D eigenvalue weighted by Gasteiger charge is 2.24.